The van der Waals surface area contributed by atoms with Crippen LogP contribution in [0.1, 0.15) is 31.9 Å². The molecule has 8 heteroatoms. The molecule has 1 aromatic carbocycles. The molecule has 0 saturated heterocycles. The Labute approximate surface area is 180 Å². The van der Waals surface area contributed by atoms with Gasteiger partial charge in [-0.25, -0.2) is 19.6 Å². The van der Waals surface area contributed by atoms with E-state index in [-0.39, 0.29) is 12.1 Å². The number of nitrogen functional groups attached to an aromatic ring is 1. The van der Waals surface area contributed by atoms with E-state index < -0.39 is 0 Å². The molecule has 1 fully saturated rings. The number of hydrogen-bond acceptors (Lipinski definition) is 7. The number of aliphatic hydroxyl groups is 1. The Kier molecular flexibility index (Phi) is 4.99. The fourth-order valence-corrected chi connectivity index (χ4v) is 4.13. The van der Waals surface area contributed by atoms with E-state index in [1.807, 2.05) is 48.1 Å². The summed E-state index contributed by atoms with van der Waals surface area (Å²) in [5.74, 6) is 1.11. The molecule has 0 radical (unpaired) electrons. The largest absolute Gasteiger partial charge is 0.393 e. The van der Waals surface area contributed by atoms with Crippen LogP contribution in [0.3, 0.4) is 0 Å². The van der Waals surface area contributed by atoms with Crippen LogP contribution in [0.15, 0.2) is 48.9 Å². The maximum Gasteiger partial charge on any atom is 0.151 e. The third kappa shape index (κ3) is 3.70. The fraction of sp³-hybridized carbons (Fsp3) is 0.304. The minimum Gasteiger partial charge on any atom is -0.393 e. The molecule has 0 amide bonds. The highest BCUT2D eigenvalue weighted by molar-refractivity contribution is 5.96. The number of aromatic nitrogens is 5. The summed E-state index contributed by atoms with van der Waals surface area (Å²) in [7, 11) is 0. The molecular weight excluding hydrogens is 390 g/mol. The van der Waals surface area contributed by atoms with Gasteiger partial charge in [0.2, 0.25) is 0 Å². The van der Waals surface area contributed by atoms with Gasteiger partial charge in [-0.15, -0.1) is 0 Å². The quantitative estimate of drug-likeness (QED) is 0.458. The van der Waals surface area contributed by atoms with Gasteiger partial charge in [-0.05, 0) is 37.8 Å². The normalized spacial score (nSPS) is 18.5. The SMILES string of the molecule is CCc1nc2c(N)ncc(-c3cnn(-c4ccccc4)c3)c2nc1N[C@@H]1CC[C@H](O)C1. The molecule has 31 heavy (non-hydrogen) atoms. The first-order valence-corrected chi connectivity index (χ1v) is 10.6. The number of benzene rings is 1. The van der Waals surface area contributed by atoms with Crippen LogP contribution in [0.5, 0.6) is 0 Å². The zero-order chi connectivity index (χ0) is 21.4. The van der Waals surface area contributed by atoms with Gasteiger partial charge in [-0.3, -0.25) is 0 Å². The Hall–Kier alpha value is -3.52. The first-order valence-electron chi connectivity index (χ1n) is 10.6. The highest BCUT2D eigenvalue weighted by Gasteiger charge is 2.24. The number of anilines is 2. The van der Waals surface area contributed by atoms with Gasteiger partial charge in [0.15, 0.2) is 5.82 Å². The van der Waals surface area contributed by atoms with Crippen molar-refractivity contribution in [2.75, 3.05) is 11.1 Å². The Bertz CT molecular complexity index is 1220. The summed E-state index contributed by atoms with van der Waals surface area (Å²) in [6.45, 7) is 2.04. The van der Waals surface area contributed by atoms with Crippen molar-refractivity contribution >= 4 is 22.7 Å². The van der Waals surface area contributed by atoms with Crippen LogP contribution in [0.25, 0.3) is 27.8 Å². The van der Waals surface area contributed by atoms with Crippen LogP contribution < -0.4 is 11.1 Å². The zero-order valence-electron chi connectivity index (χ0n) is 17.4. The van der Waals surface area contributed by atoms with Crippen molar-refractivity contribution in [2.24, 2.45) is 0 Å². The molecule has 3 heterocycles. The van der Waals surface area contributed by atoms with Crippen LogP contribution >= 0.6 is 0 Å². The number of rotatable bonds is 5. The van der Waals surface area contributed by atoms with Crippen LogP contribution in [0.4, 0.5) is 11.6 Å². The lowest BCUT2D eigenvalue weighted by Gasteiger charge is -2.17. The van der Waals surface area contributed by atoms with Crippen LogP contribution in [0, 0.1) is 0 Å². The van der Waals surface area contributed by atoms with Crippen molar-refractivity contribution in [3.8, 4) is 16.8 Å². The van der Waals surface area contributed by atoms with Gasteiger partial charge in [0.1, 0.15) is 16.9 Å². The van der Waals surface area contributed by atoms with Crippen molar-refractivity contribution in [3.63, 3.8) is 0 Å². The lowest BCUT2D eigenvalue weighted by atomic mass is 10.1. The summed E-state index contributed by atoms with van der Waals surface area (Å²) < 4.78 is 1.82. The Morgan fingerprint density at radius 3 is 2.71 bits per heavy atom. The second kappa shape index (κ2) is 7.96. The summed E-state index contributed by atoms with van der Waals surface area (Å²) in [6.07, 6.45) is 8.39. The van der Waals surface area contributed by atoms with Crippen molar-refractivity contribution in [3.05, 3.63) is 54.6 Å². The summed E-state index contributed by atoms with van der Waals surface area (Å²) >= 11 is 0. The maximum absolute atomic E-state index is 9.89. The summed E-state index contributed by atoms with van der Waals surface area (Å²) in [4.78, 5) is 14.1. The number of hydrogen-bond donors (Lipinski definition) is 3. The van der Waals surface area contributed by atoms with Gasteiger partial charge in [-0.2, -0.15) is 5.10 Å². The number of nitrogens with one attached hydrogen (secondary N) is 1. The number of aliphatic hydroxyl groups excluding tert-OH is 1. The molecule has 4 aromatic rings. The number of aryl methyl sites for hydroxylation is 1. The summed E-state index contributed by atoms with van der Waals surface area (Å²) in [5, 5.41) is 17.9. The molecule has 0 unspecified atom stereocenters. The Balaban J connectivity index is 1.59. The van der Waals surface area contributed by atoms with Crippen molar-refractivity contribution in [1.82, 2.24) is 24.7 Å². The summed E-state index contributed by atoms with van der Waals surface area (Å²) in [6, 6.07) is 10.1. The van der Waals surface area contributed by atoms with E-state index in [2.05, 4.69) is 15.4 Å². The van der Waals surface area contributed by atoms with Gasteiger partial charge in [0.05, 0.1) is 23.7 Å². The summed E-state index contributed by atoms with van der Waals surface area (Å²) in [5.41, 5.74) is 11.0. The molecular formula is C23H25N7O. The van der Waals surface area contributed by atoms with Gasteiger partial charge >= 0.3 is 0 Å². The molecule has 158 valence electrons. The minimum absolute atomic E-state index is 0.190. The van der Waals surface area contributed by atoms with E-state index in [9.17, 15) is 5.11 Å². The number of para-hydroxylation sites is 1. The number of fused-ring (bicyclic) bond motifs is 1. The average Bonchev–Trinajstić information content (AvgIpc) is 3.44. The second-order valence-corrected chi connectivity index (χ2v) is 7.94. The molecule has 5 rings (SSSR count). The second-order valence-electron chi connectivity index (χ2n) is 7.94. The smallest absolute Gasteiger partial charge is 0.151 e. The average molecular weight is 416 g/mol. The molecule has 0 aliphatic heterocycles. The third-order valence-corrected chi connectivity index (χ3v) is 5.79. The molecule has 2 atom stereocenters. The monoisotopic (exact) mass is 415 g/mol. The number of pyridine rings is 1. The van der Waals surface area contributed by atoms with Crippen molar-refractivity contribution < 1.29 is 5.11 Å². The van der Waals surface area contributed by atoms with E-state index in [1.165, 1.54) is 0 Å². The molecule has 3 aromatic heterocycles. The van der Waals surface area contributed by atoms with E-state index in [0.29, 0.717) is 16.9 Å². The molecule has 1 aliphatic rings. The standard InChI is InChI=1S/C23H25N7O/c1-2-19-23(27-15-8-9-17(31)10-15)29-20-18(12-25-22(24)21(20)28-19)14-11-26-30(13-14)16-6-4-3-5-7-16/h3-7,11-13,15,17,31H,2,8-10H2,1H3,(H2,24,25)(H,27,29)/t15-,17+/m1/s1. The van der Waals surface area contributed by atoms with Crippen LogP contribution in [-0.4, -0.2) is 42.0 Å². The van der Waals surface area contributed by atoms with Crippen molar-refractivity contribution in [1.29, 1.82) is 0 Å². The molecule has 0 spiro atoms. The number of nitrogens with two attached hydrogens (primary N) is 1. The Morgan fingerprint density at radius 2 is 1.97 bits per heavy atom. The van der Waals surface area contributed by atoms with Gasteiger partial charge in [0, 0.05) is 29.6 Å². The number of nitrogens with zero attached hydrogens (tertiary/aromatic N) is 5. The molecule has 4 N–H and O–H groups in total. The zero-order valence-corrected chi connectivity index (χ0v) is 17.4. The highest BCUT2D eigenvalue weighted by Crippen LogP contribution is 2.32. The maximum atomic E-state index is 9.89. The lowest BCUT2D eigenvalue weighted by molar-refractivity contribution is 0.182. The molecule has 1 aliphatic carbocycles. The Morgan fingerprint density at radius 1 is 1.13 bits per heavy atom. The molecule has 8 nitrogen and oxygen atoms in total. The first-order chi connectivity index (χ1) is 15.1. The van der Waals surface area contributed by atoms with Gasteiger partial charge < -0.3 is 16.2 Å². The third-order valence-electron chi connectivity index (χ3n) is 5.79. The highest BCUT2D eigenvalue weighted by atomic mass is 16.3. The van der Waals surface area contributed by atoms with E-state index in [4.69, 9.17) is 15.7 Å². The lowest BCUT2D eigenvalue weighted by Crippen LogP contribution is -2.19. The van der Waals surface area contributed by atoms with Crippen LogP contribution in [0.2, 0.25) is 0 Å². The molecule has 0 bridgehead atoms. The van der Waals surface area contributed by atoms with Crippen LogP contribution in [-0.2, 0) is 6.42 Å². The predicted octanol–water partition coefficient (Wildman–Crippen LogP) is 3.35. The van der Waals surface area contributed by atoms with E-state index >= 15 is 0 Å². The van der Waals surface area contributed by atoms with E-state index in [0.717, 1.165) is 54.0 Å². The minimum atomic E-state index is -0.254. The van der Waals surface area contributed by atoms with Gasteiger partial charge in [-0.1, -0.05) is 25.1 Å². The molecule has 1 saturated carbocycles. The fourth-order valence-electron chi connectivity index (χ4n) is 4.13. The van der Waals surface area contributed by atoms with Gasteiger partial charge in [0.25, 0.3) is 0 Å². The van der Waals surface area contributed by atoms with E-state index in [1.54, 1.807) is 12.4 Å². The first kappa shape index (κ1) is 19.4. The topological polar surface area (TPSA) is 115 Å². The van der Waals surface area contributed by atoms with Crippen molar-refractivity contribution in [2.45, 2.75) is 44.8 Å². The predicted molar refractivity (Wildman–Crippen MR) is 121 cm³/mol.